The fourth-order valence-electron chi connectivity index (χ4n) is 1.14. The second-order valence-electron chi connectivity index (χ2n) is 2.65. The molecule has 1 atom stereocenters. The molecule has 0 saturated carbocycles. The van der Waals surface area contributed by atoms with Crippen molar-refractivity contribution in [1.29, 1.82) is 0 Å². The van der Waals surface area contributed by atoms with Crippen LogP contribution >= 0.6 is 7.94 Å². The molecule has 3 nitrogen and oxygen atoms in total. The Labute approximate surface area is 60.6 Å². The van der Waals surface area contributed by atoms with Crippen LogP contribution < -0.4 is 0 Å². The first-order valence-electron chi connectivity index (χ1n) is 3.44. The van der Waals surface area contributed by atoms with Crippen LogP contribution in [0.15, 0.2) is 12.2 Å². The third-order valence-electron chi connectivity index (χ3n) is 1.75. The molecule has 10 heavy (non-hydrogen) atoms. The molecule has 1 rings (SSSR count). The topological polar surface area (TPSA) is 60.7 Å². The molecular weight excluding hydrogens is 151 g/mol. The van der Waals surface area contributed by atoms with Crippen molar-refractivity contribution >= 4 is 7.94 Å². The summed E-state index contributed by atoms with van der Waals surface area (Å²) in [7, 11) is -3.84. The van der Waals surface area contributed by atoms with Gasteiger partial charge in [0.25, 0.3) is 0 Å². The third-order valence-corrected chi connectivity index (χ3v) is 3.23. The first-order valence-corrected chi connectivity index (χ1v) is 5.36. The van der Waals surface area contributed by atoms with E-state index in [1.54, 1.807) is 6.08 Å². The number of hydrogen-bond acceptors (Lipinski definition) is 3. The minimum absolute atomic E-state index is 0.374. The summed E-state index contributed by atoms with van der Waals surface area (Å²) < 4.78 is 0. The SMILES string of the molecule is O[PH](O)(O)C1C=CCCC1. The van der Waals surface area contributed by atoms with Crippen LogP contribution in [0.3, 0.4) is 0 Å². The van der Waals surface area contributed by atoms with Gasteiger partial charge in [-0.25, -0.2) is 0 Å². The zero-order valence-electron chi connectivity index (χ0n) is 5.70. The van der Waals surface area contributed by atoms with E-state index in [1.165, 1.54) is 0 Å². The van der Waals surface area contributed by atoms with Crippen molar-refractivity contribution in [3.8, 4) is 0 Å². The van der Waals surface area contributed by atoms with Crippen molar-refractivity contribution in [2.75, 3.05) is 0 Å². The van der Waals surface area contributed by atoms with Crippen molar-refractivity contribution in [2.24, 2.45) is 0 Å². The molecule has 0 fully saturated rings. The Morgan fingerprint density at radius 2 is 2.00 bits per heavy atom. The summed E-state index contributed by atoms with van der Waals surface area (Å²) in [6.07, 6.45) is 6.22. The molecular formula is C6H13O3P. The zero-order valence-corrected chi connectivity index (χ0v) is 6.70. The molecule has 0 bridgehead atoms. The van der Waals surface area contributed by atoms with Crippen molar-refractivity contribution in [3.05, 3.63) is 12.2 Å². The Kier molecular flexibility index (Phi) is 2.42. The summed E-state index contributed by atoms with van der Waals surface area (Å²) >= 11 is 0. The second kappa shape index (κ2) is 2.97. The van der Waals surface area contributed by atoms with Gasteiger partial charge in [-0.15, -0.1) is 0 Å². The molecule has 1 aliphatic carbocycles. The Bertz CT molecular complexity index is 138. The van der Waals surface area contributed by atoms with Crippen molar-refractivity contribution in [2.45, 2.75) is 24.9 Å². The Balaban J connectivity index is 2.55. The molecule has 3 N–H and O–H groups in total. The molecule has 1 aliphatic rings. The summed E-state index contributed by atoms with van der Waals surface area (Å²) in [6.45, 7) is 0. The molecule has 4 heteroatoms. The molecule has 60 valence electrons. The predicted molar refractivity (Wildman–Crippen MR) is 41.8 cm³/mol. The predicted octanol–water partition coefficient (Wildman–Crippen LogP) is 0.567. The molecule has 0 aliphatic heterocycles. The van der Waals surface area contributed by atoms with E-state index in [1.807, 2.05) is 6.08 Å². The normalized spacial score (nSPS) is 28.5. The molecule has 0 amide bonds. The van der Waals surface area contributed by atoms with Crippen LogP contribution in [0.5, 0.6) is 0 Å². The summed E-state index contributed by atoms with van der Waals surface area (Å²) in [6, 6.07) is 0. The Morgan fingerprint density at radius 1 is 1.30 bits per heavy atom. The standard InChI is InChI=1S/C6H13O3P/c7-10(8,9)6-4-2-1-3-5-6/h2,4,6-10H,1,3,5H2. The maximum atomic E-state index is 8.84. The van der Waals surface area contributed by atoms with Gasteiger partial charge in [-0.3, -0.25) is 0 Å². The van der Waals surface area contributed by atoms with Gasteiger partial charge in [0.1, 0.15) is 0 Å². The summed E-state index contributed by atoms with van der Waals surface area (Å²) in [5.41, 5.74) is -0.374. The van der Waals surface area contributed by atoms with E-state index in [-0.39, 0.29) is 5.66 Å². The van der Waals surface area contributed by atoms with Crippen LogP contribution in [0.4, 0.5) is 0 Å². The Morgan fingerprint density at radius 3 is 2.30 bits per heavy atom. The monoisotopic (exact) mass is 164 g/mol. The van der Waals surface area contributed by atoms with Gasteiger partial charge in [-0.2, -0.15) is 0 Å². The molecule has 0 aromatic heterocycles. The van der Waals surface area contributed by atoms with E-state index in [2.05, 4.69) is 0 Å². The molecule has 0 spiro atoms. The van der Waals surface area contributed by atoms with E-state index >= 15 is 0 Å². The van der Waals surface area contributed by atoms with Crippen LogP contribution in [0.25, 0.3) is 0 Å². The van der Waals surface area contributed by atoms with Gasteiger partial charge in [0.2, 0.25) is 0 Å². The minimum atomic E-state index is -3.84. The van der Waals surface area contributed by atoms with Gasteiger partial charge in [0.15, 0.2) is 0 Å². The maximum absolute atomic E-state index is 8.84. The second-order valence-corrected chi connectivity index (χ2v) is 4.77. The van der Waals surface area contributed by atoms with E-state index in [9.17, 15) is 0 Å². The van der Waals surface area contributed by atoms with Gasteiger partial charge < -0.3 is 0 Å². The van der Waals surface area contributed by atoms with E-state index in [0.717, 1.165) is 12.8 Å². The molecule has 0 radical (unpaired) electrons. The number of hydrogen-bond donors (Lipinski definition) is 3. The number of rotatable bonds is 1. The molecule has 0 saturated heterocycles. The van der Waals surface area contributed by atoms with Crippen molar-refractivity contribution in [1.82, 2.24) is 0 Å². The molecule has 0 heterocycles. The molecule has 0 aromatic carbocycles. The van der Waals surface area contributed by atoms with Crippen LogP contribution in [0, 0.1) is 0 Å². The van der Waals surface area contributed by atoms with Gasteiger partial charge in [-0.1, -0.05) is 0 Å². The van der Waals surface area contributed by atoms with Gasteiger partial charge >= 0.3 is 59.7 Å². The van der Waals surface area contributed by atoms with E-state index in [4.69, 9.17) is 14.7 Å². The molecule has 1 unspecified atom stereocenters. The van der Waals surface area contributed by atoms with Crippen LogP contribution in [-0.2, 0) is 0 Å². The van der Waals surface area contributed by atoms with Gasteiger partial charge in [0.05, 0.1) is 0 Å². The molecule has 0 aromatic rings. The van der Waals surface area contributed by atoms with Crippen LogP contribution in [0.1, 0.15) is 19.3 Å². The number of allylic oxidation sites excluding steroid dienone is 2. The van der Waals surface area contributed by atoms with Crippen molar-refractivity contribution in [3.63, 3.8) is 0 Å². The van der Waals surface area contributed by atoms with Crippen molar-refractivity contribution < 1.29 is 14.7 Å². The van der Waals surface area contributed by atoms with Gasteiger partial charge in [0, 0.05) is 0 Å². The summed E-state index contributed by atoms with van der Waals surface area (Å²) in [5, 5.41) is 0. The fraction of sp³-hybridized carbons (Fsp3) is 0.667. The first kappa shape index (κ1) is 8.15. The first-order chi connectivity index (χ1) is 4.61. The third kappa shape index (κ3) is 2.03. The zero-order chi connectivity index (χ0) is 7.61. The van der Waals surface area contributed by atoms with Crippen LogP contribution in [-0.4, -0.2) is 20.3 Å². The van der Waals surface area contributed by atoms with E-state index in [0.29, 0.717) is 6.42 Å². The van der Waals surface area contributed by atoms with Crippen LogP contribution in [0.2, 0.25) is 0 Å². The van der Waals surface area contributed by atoms with Gasteiger partial charge in [-0.05, 0) is 0 Å². The summed E-state index contributed by atoms with van der Waals surface area (Å²) in [4.78, 5) is 26.5. The average Bonchev–Trinajstić information content (AvgIpc) is 1.88. The Hall–Kier alpha value is 0.0500. The fourth-order valence-corrected chi connectivity index (χ4v) is 2.12. The summed E-state index contributed by atoms with van der Waals surface area (Å²) in [5.74, 6) is 0. The van der Waals surface area contributed by atoms with E-state index < -0.39 is 7.94 Å². The average molecular weight is 164 g/mol. The quantitative estimate of drug-likeness (QED) is 0.392.